The summed E-state index contributed by atoms with van der Waals surface area (Å²) in [5.41, 5.74) is -0.686. The second kappa shape index (κ2) is 6.74. The normalized spacial score (nSPS) is 12.3. The third kappa shape index (κ3) is 8.41. The minimum Gasteiger partial charge on any atom is -0.481 e. The van der Waals surface area contributed by atoms with Gasteiger partial charge in [0.2, 0.25) is 5.91 Å². The number of nitrogens with zero attached hydrogens (tertiary/aromatic N) is 1. The van der Waals surface area contributed by atoms with Crippen molar-refractivity contribution < 1.29 is 32.6 Å². The Kier molecular flexibility index (Phi) is 6.28. The van der Waals surface area contributed by atoms with E-state index in [4.69, 9.17) is 5.11 Å². The Bertz CT molecular complexity index is 323. The molecule has 0 atom stereocenters. The summed E-state index contributed by atoms with van der Waals surface area (Å²) in [6.45, 7) is 2.68. The molecule has 0 spiro atoms. The largest absolute Gasteiger partial charge is 0.481 e. The molecular weight excluding hydrogens is 267 g/mol. The minimum atomic E-state index is -4.49. The van der Waals surface area contributed by atoms with Crippen LogP contribution < -0.4 is 0 Å². The van der Waals surface area contributed by atoms with Crippen LogP contribution in [0.1, 0.15) is 27.2 Å². The van der Waals surface area contributed by atoms with E-state index in [1.807, 2.05) is 0 Å². The van der Waals surface area contributed by atoms with Crippen LogP contribution in [0.4, 0.5) is 13.2 Å². The average molecular weight is 285 g/mol. The van der Waals surface area contributed by atoms with E-state index in [1.165, 1.54) is 4.90 Å². The molecule has 0 heterocycles. The van der Waals surface area contributed by atoms with Gasteiger partial charge in [-0.1, -0.05) is 0 Å². The lowest BCUT2D eigenvalue weighted by atomic mass is 10.1. The van der Waals surface area contributed by atoms with Crippen molar-refractivity contribution in [1.82, 2.24) is 4.90 Å². The van der Waals surface area contributed by atoms with Crippen LogP contribution in [0.15, 0.2) is 0 Å². The second-order valence-electron chi connectivity index (χ2n) is 4.97. The van der Waals surface area contributed by atoms with Gasteiger partial charge in [0.25, 0.3) is 0 Å². The number of hydrogen-bond donors (Lipinski definition) is 1. The number of carboxylic acids is 1. The maximum atomic E-state index is 11.9. The number of hydrogen-bond acceptors (Lipinski definition) is 3. The molecule has 0 saturated heterocycles. The SMILES string of the molecule is CC(C)(C)N(CCC(=O)O)C(=O)COCC(F)(F)F. The number of aliphatic carboxylic acids is 1. The van der Waals surface area contributed by atoms with Crippen molar-refractivity contribution in [2.45, 2.75) is 38.9 Å². The first-order chi connectivity index (χ1) is 8.43. The second-order valence-corrected chi connectivity index (χ2v) is 4.97. The highest BCUT2D eigenvalue weighted by molar-refractivity contribution is 5.79. The lowest BCUT2D eigenvalue weighted by Crippen LogP contribution is -2.48. The Morgan fingerprint density at radius 3 is 2.11 bits per heavy atom. The predicted molar refractivity (Wildman–Crippen MR) is 60.6 cm³/mol. The van der Waals surface area contributed by atoms with Gasteiger partial charge < -0.3 is 14.7 Å². The van der Waals surface area contributed by atoms with E-state index in [2.05, 4.69) is 4.74 Å². The Morgan fingerprint density at radius 1 is 1.21 bits per heavy atom. The smallest absolute Gasteiger partial charge is 0.411 e. The third-order valence-corrected chi connectivity index (χ3v) is 2.15. The van der Waals surface area contributed by atoms with Crippen LogP contribution >= 0.6 is 0 Å². The number of ether oxygens (including phenoxy) is 1. The summed E-state index contributed by atoms with van der Waals surface area (Å²) in [5.74, 6) is -1.75. The van der Waals surface area contributed by atoms with Gasteiger partial charge in [-0.05, 0) is 20.8 Å². The number of rotatable bonds is 6. The summed E-state index contributed by atoms with van der Waals surface area (Å²) in [6, 6.07) is 0. The summed E-state index contributed by atoms with van der Waals surface area (Å²) in [5, 5.41) is 8.57. The molecular formula is C11H18F3NO4. The Morgan fingerprint density at radius 2 is 1.74 bits per heavy atom. The van der Waals surface area contributed by atoms with Gasteiger partial charge in [0.15, 0.2) is 0 Å². The van der Waals surface area contributed by atoms with E-state index in [0.29, 0.717) is 0 Å². The summed E-state index contributed by atoms with van der Waals surface area (Å²) < 4.78 is 39.9. The highest BCUT2D eigenvalue weighted by Crippen LogP contribution is 2.16. The predicted octanol–water partition coefficient (Wildman–Crippen LogP) is 1.67. The van der Waals surface area contributed by atoms with Gasteiger partial charge in [-0.25, -0.2) is 0 Å². The van der Waals surface area contributed by atoms with Crippen LogP contribution in [-0.4, -0.2) is 53.4 Å². The van der Waals surface area contributed by atoms with E-state index in [-0.39, 0.29) is 13.0 Å². The van der Waals surface area contributed by atoms with Crippen LogP contribution in [0.2, 0.25) is 0 Å². The molecule has 0 unspecified atom stereocenters. The van der Waals surface area contributed by atoms with Crippen LogP contribution in [0.25, 0.3) is 0 Å². The van der Waals surface area contributed by atoms with Gasteiger partial charge in [0.05, 0.1) is 6.42 Å². The van der Waals surface area contributed by atoms with Gasteiger partial charge in [-0.15, -0.1) is 0 Å². The Hall–Kier alpha value is -1.31. The minimum absolute atomic E-state index is 0.0763. The fourth-order valence-electron chi connectivity index (χ4n) is 1.37. The summed E-state index contributed by atoms with van der Waals surface area (Å²) in [6.07, 6.45) is -4.77. The molecule has 1 N–H and O–H groups in total. The monoisotopic (exact) mass is 285 g/mol. The first-order valence-electron chi connectivity index (χ1n) is 5.60. The fourth-order valence-corrected chi connectivity index (χ4v) is 1.37. The number of amides is 1. The Balaban J connectivity index is 4.44. The number of carbonyl (C=O) groups is 2. The molecule has 112 valence electrons. The molecule has 0 aromatic heterocycles. The molecule has 0 aliphatic heterocycles. The highest BCUT2D eigenvalue weighted by Gasteiger charge is 2.30. The molecule has 0 radical (unpaired) electrons. The van der Waals surface area contributed by atoms with Crippen LogP contribution in [0.5, 0.6) is 0 Å². The van der Waals surface area contributed by atoms with Crippen LogP contribution in [-0.2, 0) is 14.3 Å². The van der Waals surface area contributed by atoms with Gasteiger partial charge in [0.1, 0.15) is 13.2 Å². The van der Waals surface area contributed by atoms with Crippen molar-refractivity contribution in [3.63, 3.8) is 0 Å². The molecule has 8 heteroatoms. The van der Waals surface area contributed by atoms with E-state index in [9.17, 15) is 22.8 Å². The van der Waals surface area contributed by atoms with Crippen LogP contribution in [0.3, 0.4) is 0 Å². The number of halogens is 3. The van der Waals surface area contributed by atoms with E-state index in [1.54, 1.807) is 20.8 Å². The lowest BCUT2D eigenvalue weighted by Gasteiger charge is -2.35. The summed E-state index contributed by atoms with van der Waals surface area (Å²) >= 11 is 0. The van der Waals surface area contributed by atoms with Crippen molar-refractivity contribution in [2.24, 2.45) is 0 Å². The first-order valence-corrected chi connectivity index (χ1v) is 5.60. The van der Waals surface area contributed by atoms with E-state index < -0.39 is 36.8 Å². The molecule has 1 amide bonds. The van der Waals surface area contributed by atoms with E-state index >= 15 is 0 Å². The zero-order valence-corrected chi connectivity index (χ0v) is 11.1. The van der Waals surface area contributed by atoms with E-state index in [0.717, 1.165) is 0 Å². The maximum absolute atomic E-state index is 11.9. The number of carboxylic acid groups (broad SMARTS) is 1. The summed E-state index contributed by atoms with van der Waals surface area (Å²) in [4.78, 5) is 23.4. The molecule has 0 aromatic rings. The molecule has 0 bridgehead atoms. The molecule has 5 nitrogen and oxygen atoms in total. The Labute approximate surface area is 109 Å². The molecule has 19 heavy (non-hydrogen) atoms. The van der Waals surface area contributed by atoms with Crippen molar-refractivity contribution >= 4 is 11.9 Å². The fraction of sp³-hybridized carbons (Fsp3) is 0.818. The van der Waals surface area contributed by atoms with Gasteiger partial charge >= 0.3 is 12.1 Å². The quantitative estimate of drug-likeness (QED) is 0.806. The average Bonchev–Trinajstić information content (AvgIpc) is 2.12. The van der Waals surface area contributed by atoms with Gasteiger partial charge in [0, 0.05) is 12.1 Å². The zero-order chi connectivity index (χ0) is 15.3. The van der Waals surface area contributed by atoms with Gasteiger partial charge in [-0.3, -0.25) is 9.59 Å². The molecule has 0 fully saturated rings. The number of carbonyl (C=O) groups excluding carboxylic acids is 1. The van der Waals surface area contributed by atoms with Gasteiger partial charge in [-0.2, -0.15) is 13.2 Å². The maximum Gasteiger partial charge on any atom is 0.411 e. The molecule has 0 saturated carbocycles. The topological polar surface area (TPSA) is 66.8 Å². The first kappa shape index (κ1) is 17.7. The molecule has 0 rings (SSSR count). The molecule has 0 aromatic carbocycles. The molecule has 0 aliphatic carbocycles. The molecule has 0 aliphatic rings. The van der Waals surface area contributed by atoms with Crippen molar-refractivity contribution in [1.29, 1.82) is 0 Å². The zero-order valence-electron chi connectivity index (χ0n) is 11.1. The van der Waals surface area contributed by atoms with Crippen molar-refractivity contribution in [3.05, 3.63) is 0 Å². The third-order valence-electron chi connectivity index (χ3n) is 2.15. The van der Waals surface area contributed by atoms with Crippen molar-refractivity contribution in [3.8, 4) is 0 Å². The van der Waals surface area contributed by atoms with Crippen LogP contribution in [0, 0.1) is 0 Å². The standard InChI is InChI=1S/C11H18F3NO4/c1-10(2,3)15(5-4-9(17)18)8(16)6-19-7-11(12,13)14/h4-7H2,1-3H3,(H,17,18). The van der Waals surface area contributed by atoms with Crippen molar-refractivity contribution in [2.75, 3.05) is 19.8 Å². The summed E-state index contributed by atoms with van der Waals surface area (Å²) in [7, 11) is 0. The highest BCUT2D eigenvalue weighted by atomic mass is 19.4. The lowest BCUT2D eigenvalue weighted by molar-refractivity contribution is -0.178. The number of alkyl halides is 3.